The van der Waals surface area contributed by atoms with Crippen molar-refractivity contribution >= 4 is 21.9 Å². The lowest BCUT2D eigenvalue weighted by Crippen LogP contribution is -2.37. The quantitative estimate of drug-likeness (QED) is 0.623. The summed E-state index contributed by atoms with van der Waals surface area (Å²) >= 11 is 3.12. The van der Waals surface area contributed by atoms with Crippen molar-refractivity contribution < 1.29 is 18.4 Å². The first kappa shape index (κ1) is 12.3. The molecule has 5 heteroatoms. The SMILES string of the molecule is C[N+](C)(C)CCOC(=O)c1ccc(Br)o1. The third-order valence-corrected chi connectivity index (χ3v) is 2.20. The standard InChI is InChI=1S/C10H15BrNO3/c1-12(2,3)6-7-14-10(13)8-4-5-9(11)15-8/h4-5H,6-7H2,1-3H3/q+1. The topological polar surface area (TPSA) is 39.4 Å². The second-order valence-corrected chi connectivity index (χ2v) is 5.04. The molecule has 0 saturated carbocycles. The number of carbonyl (C=O) groups is 1. The van der Waals surface area contributed by atoms with Gasteiger partial charge in [0.25, 0.3) is 0 Å². The number of nitrogens with zero attached hydrogens (tertiary/aromatic N) is 1. The molecule has 15 heavy (non-hydrogen) atoms. The third kappa shape index (κ3) is 4.48. The number of quaternary nitrogens is 1. The summed E-state index contributed by atoms with van der Waals surface area (Å²) in [5.74, 6) is -0.197. The molecule has 0 radical (unpaired) electrons. The largest absolute Gasteiger partial charge is 0.454 e. The highest BCUT2D eigenvalue weighted by molar-refractivity contribution is 9.10. The maximum Gasteiger partial charge on any atom is 0.374 e. The lowest BCUT2D eigenvalue weighted by molar-refractivity contribution is -0.870. The maximum absolute atomic E-state index is 11.4. The van der Waals surface area contributed by atoms with E-state index in [0.717, 1.165) is 11.0 Å². The second-order valence-electron chi connectivity index (χ2n) is 4.25. The van der Waals surface area contributed by atoms with Gasteiger partial charge in [-0.15, -0.1) is 0 Å². The number of hydrogen-bond acceptors (Lipinski definition) is 3. The van der Waals surface area contributed by atoms with Crippen LogP contribution in [0.3, 0.4) is 0 Å². The average Bonchev–Trinajstić information content (AvgIpc) is 2.49. The van der Waals surface area contributed by atoms with Crippen LogP contribution in [0.1, 0.15) is 10.6 Å². The Hall–Kier alpha value is -0.810. The molecule has 0 N–H and O–H groups in total. The predicted octanol–water partition coefficient (Wildman–Crippen LogP) is 1.91. The molecule has 0 aromatic carbocycles. The van der Waals surface area contributed by atoms with Crippen molar-refractivity contribution in [2.24, 2.45) is 0 Å². The van der Waals surface area contributed by atoms with Gasteiger partial charge in [-0.3, -0.25) is 0 Å². The average molecular weight is 277 g/mol. The molecule has 1 rings (SSSR count). The fraction of sp³-hybridized carbons (Fsp3) is 0.500. The van der Waals surface area contributed by atoms with Gasteiger partial charge in [0.1, 0.15) is 13.2 Å². The normalized spacial score (nSPS) is 11.5. The van der Waals surface area contributed by atoms with Crippen molar-refractivity contribution in [1.82, 2.24) is 0 Å². The Balaban J connectivity index is 2.37. The minimum atomic E-state index is -0.422. The molecule has 0 unspecified atom stereocenters. The molecule has 0 saturated heterocycles. The third-order valence-electron chi connectivity index (χ3n) is 1.77. The van der Waals surface area contributed by atoms with Crippen LogP contribution >= 0.6 is 15.9 Å². The molecule has 0 spiro atoms. The molecule has 1 heterocycles. The first-order valence-electron chi connectivity index (χ1n) is 4.61. The highest BCUT2D eigenvalue weighted by Gasteiger charge is 2.14. The van der Waals surface area contributed by atoms with Gasteiger partial charge in [0, 0.05) is 0 Å². The van der Waals surface area contributed by atoms with E-state index in [1.807, 2.05) is 21.1 Å². The fourth-order valence-electron chi connectivity index (χ4n) is 0.907. The molecule has 1 aromatic heterocycles. The van der Waals surface area contributed by atoms with Gasteiger partial charge < -0.3 is 13.6 Å². The van der Waals surface area contributed by atoms with E-state index < -0.39 is 5.97 Å². The van der Waals surface area contributed by atoms with Gasteiger partial charge in [-0.25, -0.2) is 4.79 Å². The maximum atomic E-state index is 11.4. The van der Waals surface area contributed by atoms with Crippen molar-refractivity contribution in [2.45, 2.75) is 0 Å². The highest BCUT2D eigenvalue weighted by atomic mass is 79.9. The molecule has 1 aromatic rings. The van der Waals surface area contributed by atoms with Gasteiger partial charge in [-0.1, -0.05) is 0 Å². The van der Waals surface area contributed by atoms with Crippen molar-refractivity contribution in [1.29, 1.82) is 0 Å². The number of esters is 1. The smallest absolute Gasteiger partial charge is 0.374 e. The summed E-state index contributed by atoms with van der Waals surface area (Å²) in [6.45, 7) is 1.16. The zero-order chi connectivity index (χ0) is 11.5. The highest BCUT2D eigenvalue weighted by Crippen LogP contribution is 2.14. The van der Waals surface area contributed by atoms with Crippen LogP contribution in [0.4, 0.5) is 0 Å². The van der Waals surface area contributed by atoms with Gasteiger partial charge in [0.2, 0.25) is 5.76 Å². The van der Waals surface area contributed by atoms with Gasteiger partial charge in [0.15, 0.2) is 4.67 Å². The molecular weight excluding hydrogens is 262 g/mol. The van der Waals surface area contributed by atoms with Crippen LogP contribution in [0.5, 0.6) is 0 Å². The molecule has 0 aliphatic rings. The molecular formula is C10H15BrNO3+. The molecule has 0 aliphatic heterocycles. The van der Waals surface area contributed by atoms with Crippen LogP contribution in [0.25, 0.3) is 0 Å². The number of likely N-dealkylation sites (N-methyl/N-ethyl adjacent to an activating group) is 1. The zero-order valence-corrected chi connectivity index (χ0v) is 10.7. The second kappa shape index (κ2) is 4.81. The number of rotatable bonds is 4. The molecule has 0 atom stereocenters. The van der Waals surface area contributed by atoms with E-state index in [1.54, 1.807) is 12.1 Å². The summed E-state index contributed by atoms with van der Waals surface area (Å²) in [7, 11) is 6.12. The summed E-state index contributed by atoms with van der Waals surface area (Å²) in [5, 5.41) is 0. The predicted molar refractivity (Wildman–Crippen MR) is 59.6 cm³/mol. The first-order chi connectivity index (χ1) is 6.88. The van der Waals surface area contributed by atoms with E-state index in [2.05, 4.69) is 15.9 Å². The number of hydrogen-bond donors (Lipinski definition) is 0. The lowest BCUT2D eigenvalue weighted by Gasteiger charge is -2.23. The summed E-state index contributed by atoms with van der Waals surface area (Å²) in [6.07, 6.45) is 0. The Kier molecular flexibility index (Phi) is 3.93. The molecule has 0 bridgehead atoms. The van der Waals surface area contributed by atoms with Crippen LogP contribution in [-0.2, 0) is 4.74 Å². The Bertz CT molecular complexity index is 341. The van der Waals surface area contributed by atoms with E-state index in [9.17, 15) is 4.79 Å². The van der Waals surface area contributed by atoms with E-state index in [4.69, 9.17) is 9.15 Å². The molecule has 0 fully saturated rings. The Morgan fingerprint density at radius 2 is 2.13 bits per heavy atom. The summed E-state index contributed by atoms with van der Waals surface area (Å²) < 4.78 is 11.4. The zero-order valence-electron chi connectivity index (χ0n) is 9.12. The van der Waals surface area contributed by atoms with Crippen LogP contribution in [0.2, 0.25) is 0 Å². The van der Waals surface area contributed by atoms with E-state index >= 15 is 0 Å². The van der Waals surface area contributed by atoms with E-state index in [0.29, 0.717) is 11.3 Å². The molecule has 0 aliphatic carbocycles. The summed E-state index contributed by atoms with van der Waals surface area (Å²) in [6, 6.07) is 3.24. The Morgan fingerprint density at radius 1 is 1.47 bits per heavy atom. The minimum absolute atomic E-state index is 0.225. The molecule has 84 valence electrons. The van der Waals surface area contributed by atoms with Crippen molar-refractivity contribution in [2.75, 3.05) is 34.3 Å². The number of furan rings is 1. The number of carbonyl (C=O) groups excluding carboxylic acids is 1. The van der Waals surface area contributed by atoms with Crippen molar-refractivity contribution in [3.05, 3.63) is 22.6 Å². The minimum Gasteiger partial charge on any atom is -0.454 e. The van der Waals surface area contributed by atoms with Gasteiger partial charge in [-0.05, 0) is 28.1 Å². The van der Waals surface area contributed by atoms with E-state index in [1.165, 1.54) is 0 Å². The fourth-order valence-corrected chi connectivity index (χ4v) is 1.21. The summed E-state index contributed by atoms with van der Waals surface area (Å²) in [4.78, 5) is 11.4. The van der Waals surface area contributed by atoms with Crippen LogP contribution in [0.15, 0.2) is 21.2 Å². The summed E-state index contributed by atoms with van der Waals surface area (Å²) in [5.41, 5.74) is 0. The first-order valence-corrected chi connectivity index (χ1v) is 5.41. The Labute approximate surface area is 97.5 Å². The Morgan fingerprint density at radius 3 is 2.60 bits per heavy atom. The van der Waals surface area contributed by atoms with Crippen LogP contribution < -0.4 is 0 Å². The molecule has 0 amide bonds. The van der Waals surface area contributed by atoms with E-state index in [-0.39, 0.29) is 5.76 Å². The van der Waals surface area contributed by atoms with Crippen LogP contribution in [-0.4, -0.2) is 44.7 Å². The van der Waals surface area contributed by atoms with Gasteiger partial charge in [0.05, 0.1) is 21.1 Å². The number of ether oxygens (including phenoxy) is 1. The van der Waals surface area contributed by atoms with Crippen molar-refractivity contribution in [3.63, 3.8) is 0 Å². The van der Waals surface area contributed by atoms with Gasteiger partial charge >= 0.3 is 5.97 Å². The van der Waals surface area contributed by atoms with Gasteiger partial charge in [-0.2, -0.15) is 0 Å². The number of halogens is 1. The van der Waals surface area contributed by atoms with Crippen LogP contribution in [0, 0.1) is 0 Å². The monoisotopic (exact) mass is 276 g/mol. The lowest BCUT2D eigenvalue weighted by atomic mass is 10.4. The molecule has 4 nitrogen and oxygen atoms in total. The van der Waals surface area contributed by atoms with Crippen molar-refractivity contribution in [3.8, 4) is 0 Å².